The van der Waals surface area contributed by atoms with Crippen LogP contribution in [0.5, 0.6) is 11.5 Å². The normalized spacial score (nSPS) is 21.6. The van der Waals surface area contributed by atoms with Crippen molar-refractivity contribution in [3.05, 3.63) is 59.2 Å². The third kappa shape index (κ3) is 3.36. The first kappa shape index (κ1) is 18.5. The summed E-state index contributed by atoms with van der Waals surface area (Å²) in [6.45, 7) is 2.03. The van der Waals surface area contributed by atoms with E-state index in [1.165, 1.54) is 20.9 Å². The molecule has 0 radical (unpaired) electrons. The number of fused-ring (bicyclic) bond motifs is 1. The van der Waals surface area contributed by atoms with Crippen molar-refractivity contribution in [2.75, 3.05) is 27.4 Å². The van der Waals surface area contributed by atoms with E-state index in [1.807, 2.05) is 42.5 Å². The van der Waals surface area contributed by atoms with Crippen LogP contribution in [0.4, 0.5) is 0 Å². The van der Waals surface area contributed by atoms with E-state index in [9.17, 15) is 9.59 Å². The van der Waals surface area contributed by atoms with Crippen LogP contribution >= 0.6 is 0 Å². The summed E-state index contributed by atoms with van der Waals surface area (Å²) >= 11 is 0. The molecule has 146 valence electrons. The number of quaternary nitrogens is 1. The maximum Gasteiger partial charge on any atom is 0.241 e. The molecule has 0 bridgehead atoms. The fraction of sp³-hybridized carbons (Fsp3) is 0.364. The molecule has 0 spiro atoms. The molecule has 0 aromatic heterocycles. The Labute approximate surface area is 164 Å². The van der Waals surface area contributed by atoms with Gasteiger partial charge in [0.15, 0.2) is 18.2 Å². The average molecular weight is 381 g/mol. The largest absolute Gasteiger partial charge is 0.493 e. The van der Waals surface area contributed by atoms with Crippen molar-refractivity contribution in [2.24, 2.45) is 0 Å². The van der Waals surface area contributed by atoms with Crippen molar-refractivity contribution in [2.45, 2.75) is 25.3 Å². The second-order valence-electron chi connectivity index (χ2n) is 7.39. The lowest BCUT2D eigenvalue weighted by atomic mass is 9.98. The van der Waals surface area contributed by atoms with E-state index >= 15 is 0 Å². The van der Waals surface area contributed by atoms with Gasteiger partial charge in [0, 0.05) is 18.4 Å². The fourth-order valence-corrected chi connectivity index (χ4v) is 4.18. The highest BCUT2D eigenvalue weighted by atomic mass is 16.5. The lowest BCUT2D eigenvalue weighted by Gasteiger charge is -2.29. The molecule has 6 nitrogen and oxygen atoms in total. The van der Waals surface area contributed by atoms with Crippen molar-refractivity contribution in [1.29, 1.82) is 0 Å². The summed E-state index contributed by atoms with van der Waals surface area (Å²) < 4.78 is 10.8. The zero-order valence-electron chi connectivity index (χ0n) is 16.2. The highest BCUT2D eigenvalue weighted by Gasteiger charge is 2.41. The lowest BCUT2D eigenvalue weighted by molar-refractivity contribution is -0.923. The van der Waals surface area contributed by atoms with E-state index in [0.29, 0.717) is 12.4 Å². The Hall–Kier alpha value is -2.86. The van der Waals surface area contributed by atoms with Crippen LogP contribution in [0.3, 0.4) is 0 Å². The van der Waals surface area contributed by atoms with Crippen LogP contribution < -0.4 is 14.4 Å². The summed E-state index contributed by atoms with van der Waals surface area (Å²) in [6.07, 6.45) is 1.14. The molecule has 2 atom stereocenters. The molecule has 28 heavy (non-hydrogen) atoms. The minimum Gasteiger partial charge on any atom is -0.493 e. The highest BCUT2D eigenvalue weighted by molar-refractivity contribution is 6.06. The second kappa shape index (κ2) is 7.64. The van der Waals surface area contributed by atoms with E-state index < -0.39 is 0 Å². The van der Waals surface area contributed by atoms with Crippen LogP contribution in [0.2, 0.25) is 0 Å². The molecular weight excluding hydrogens is 356 g/mol. The third-order valence-electron chi connectivity index (χ3n) is 5.72. The van der Waals surface area contributed by atoms with Gasteiger partial charge in [0.05, 0.1) is 26.7 Å². The van der Waals surface area contributed by atoms with E-state index in [0.717, 1.165) is 30.8 Å². The molecule has 2 aliphatic heterocycles. The summed E-state index contributed by atoms with van der Waals surface area (Å²) in [5, 5.41) is 0. The molecule has 1 N–H and O–H groups in total. The number of ether oxygens (including phenoxy) is 2. The molecule has 2 aliphatic rings. The molecule has 2 aromatic rings. The number of likely N-dealkylation sites (tertiary alicyclic amines) is 1. The number of benzene rings is 2. The van der Waals surface area contributed by atoms with Gasteiger partial charge in [0.2, 0.25) is 11.8 Å². The van der Waals surface area contributed by atoms with Gasteiger partial charge in [-0.15, -0.1) is 0 Å². The first-order chi connectivity index (χ1) is 13.6. The molecule has 1 fully saturated rings. The highest BCUT2D eigenvalue weighted by Crippen LogP contribution is 2.32. The molecular formula is C22H25N2O4+. The number of rotatable bonds is 5. The summed E-state index contributed by atoms with van der Waals surface area (Å²) in [6, 6.07) is 13.6. The molecule has 2 heterocycles. The van der Waals surface area contributed by atoms with Gasteiger partial charge in [-0.05, 0) is 23.3 Å². The van der Waals surface area contributed by atoms with Crippen molar-refractivity contribution in [1.82, 2.24) is 4.90 Å². The number of carbonyl (C=O) groups is 2. The number of nitrogens with one attached hydrogen (secondary N) is 1. The lowest BCUT2D eigenvalue weighted by Crippen LogP contribution is -3.13. The van der Waals surface area contributed by atoms with Crippen LogP contribution in [0.15, 0.2) is 42.5 Å². The van der Waals surface area contributed by atoms with Crippen LogP contribution in [-0.2, 0) is 22.6 Å². The summed E-state index contributed by atoms with van der Waals surface area (Å²) in [5.41, 5.74) is 3.33. The Bertz CT molecular complexity index is 897. The average Bonchev–Trinajstić information content (AvgIpc) is 3.01. The van der Waals surface area contributed by atoms with Gasteiger partial charge in [-0.1, -0.05) is 30.3 Å². The minimum atomic E-state index is -0.352. The maximum absolute atomic E-state index is 12.9. The van der Waals surface area contributed by atoms with Gasteiger partial charge in [-0.3, -0.25) is 9.59 Å². The number of nitrogens with zero attached hydrogens (tertiary/aromatic N) is 1. The van der Waals surface area contributed by atoms with Crippen molar-refractivity contribution < 1.29 is 24.0 Å². The van der Waals surface area contributed by atoms with Crippen LogP contribution in [0, 0.1) is 0 Å². The van der Waals surface area contributed by atoms with Crippen LogP contribution in [0.1, 0.15) is 29.0 Å². The number of imide groups is 1. The SMILES string of the molecule is COc1cc2c(cc1OC)C[NH+](CN1C(=O)C[C@H](c3ccccc3)C1=O)CC2. The Morgan fingerprint density at radius 3 is 2.39 bits per heavy atom. The Morgan fingerprint density at radius 2 is 1.71 bits per heavy atom. The van der Waals surface area contributed by atoms with Gasteiger partial charge in [0.1, 0.15) is 6.54 Å². The van der Waals surface area contributed by atoms with Gasteiger partial charge in [-0.2, -0.15) is 0 Å². The summed E-state index contributed by atoms with van der Waals surface area (Å²) in [7, 11) is 3.27. The monoisotopic (exact) mass is 381 g/mol. The van der Waals surface area contributed by atoms with E-state index in [4.69, 9.17) is 9.47 Å². The fourth-order valence-electron chi connectivity index (χ4n) is 4.18. The Morgan fingerprint density at radius 1 is 1.04 bits per heavy atom. The quantitative estimate of drug-likeness (QED) is 0.790. The van der Waals surface area contributed by atoms with Gasteiger partial charge >= 0.3 is 0 Å². The number of methoxy groups -OCH3 is 2. The molecule has 4 rings (SSSR count). The first-order valence-electron chi connectivity index (χ1n) is 9.57. The first-order valence-corrected chi connectivity index (χ1v) is 9.57. The van der Waals surface area contributed by atoms with Gasteiger partial charge < -0.3 is 14.4 Å². The summed E-state index contributed by atoms with van der Waals surface area (Å²) in [4.78, 5) is 28.0. The molecule has 1 saturated heterocycles. The number of carbonyl (C=O) groups excluding carboxylic acids is 2. The zero-order chi connectivity index (χ0) is 19.7. The van der Waals surface area contributed by atoms with Crippen LogP contribution in [-0.4, -0.2) is 44.1 Å². The molecule has 1 unspecified atom stereocenters. The van der Waals surface area contributed by atoms with Crippen molar-refractivity contribution in [3.8, 4) is 11.5 Å². The molecule has 6 heteroatoms. The Balaban J connectivity index is 1.48. The van der Waals surface area contributed by atoms with Crippen molar-refractivity contribution >= 4 is 11.8 Å². The second-order valence-corrected chi connectivity index (χ2v) is 7.39. The smallest absolute Gasteiger partial charge is 0.241 e. The maximum atomic E-state index is 12.9. The number of amides is 2. The van der Waals surface area contributed by atoms with E-state index in [1.54, 1.807) is 14.2 Å². The van der Waals surface area contributed by atoms with Gasteiger partial charge in [0.25, 0.3) is 0 Å². The standard InChI is InChI=1S/C22H24N2O4/c1-27-19-10-16-8-9-23(13-17(16)11-20(19)28-2)14-24-21(25)12-18(22(24)26)15-6-4-3-5-7-15/h3-7,10-11,18H,8-9,12-14H2,1-2H3/p+1/t18-/m1/s1. The number of hydrogen-bond acceptors (Lipinski definition) is 4. The van der Waals surface area contributed by atoms with E-state index in [2.05, 4.69) is 0 Å². The summed E-state index contributed by atoms with van der Waals surface area (Å²) in [5.74, 6) is 0.932. The predicted molar refractivity (Wildman–Crippen MR) is 103 cm³/mol. The molecule has 0 saturated carbocycles. The number of hydrogen-bond donors (Lipinski definition) is 1. The molecule has 2 aromatic carbocycles. The third-order valence-corrected chi connectivity index (χ3v) is 5.72. The van der Waals surface area contributed by atoms with E-state index in [-0.39, 0.29) is 24.2 Å². The zero-order valence-corrected chi connectivity index (χ0v) is 16.2. The van der Waals surface area contributed by atoms with Gasteiger partial charge in [-0.25, -0.2) is 4.90 Å². The topological polar surface area (TPSA) is 60.3 Å². The van der Waals surface area contributed by atoms with Crippen LogP contribution in [0.25, 0.3) is 0 Å². The predicted octanol–water partition coefficient (Wildman–Crippen LogP) is 1.14. The molecule has 0 aliphatic carbocycles. The molecule has 2 amide bonds. The minimum absolute atomic E-state index is 0.0792. The Kier molecular flexibility index (Phi) is 5.05. The van der Waals surface area contributed by atoms with Crippen molar-refractivity contribution in [3.63, 3.8) is 0 Å².